The predicted octanol–water partition coefficient (Wildman–Crippen LogP) is 8.69. The van der Waals surface area contributed by atoms with Crippen LogP contribution in [0.3, 0.4) is 0 Å². The number of hydrogen-bond acceptors (Lipinski definition) is 0. The lowest BCUT2D eigenvalue weighted by Crippen LogP contribution is -1.89. The minimum atomic E-state index is 0.818. The Bertz CT molecular complexity index is 610. The molecule has 0 fully saturated rings. The number of halogens is 3. The van der Waals surface area contributed by atoms with Gasteiger partial charge in [-0.05, 0) is 83.4 Å². The van der Waals surface area contributed by atoms with Gasteiger partial charge in [-0.25, -0.2) is 0 Å². The van der Waals surface area contributed by atoms with Crippen molar-refractivity contribution in [2.45, 2.75) is 64.7 Å². The Hall–Kier alpha value is -0.310. The van der Waals surface area contributed by atoms with Gasteiger partial charge >= 0.3 is 0 Å². The topological polar surface area (TPSA) is 0 Å². The second-order valence-corrected chi connectivity index (χ2v) is 8.92. The van der Waals surface area contributed by atoms with Gasteiger partial charge in [-0.2, -0.15) is 0 Å². The van der Waals surface area contributed by atoms with Crippen LogP contribution in [0, 0.1) is 6.92 Å². The monoisotopic (exact) mass is 484 g/mol. The number of hydrogen-bond donors (Lipinski definition) is 0. The third kappa shape index (κ3) is 7.85. The Morgan fingerprint density at radius 3 is 1.68 bits per heavy atom. The van der Waals surface area contributed by atoms with Crippen molar-refractivity contribution < 1.29 is 0 Å². The van der Waals surface area contributed by atoms with Gasteiger partial charge in [0.05, 0.1) is 5.02 Å². The summed E-state index contributed by atoms with van der Waals surface area (Å²) in [6.45, 7) is 2.16. The first-order valence-corrected chi connectivity index (χ1v) is 11.2. The predicted molar refractivity (Wildman–Crippen MR) is 118 cm³/mol. The van der Waals surface area contributed by atoms with Crippen molar-refractivity contribution in [1.82, 2.24) is 0 Å². The van der Waals surface area contributed by atoms with Crippen molar-refractivity contribution in [1.29, 1.82) is 0 Å². The largest absolute Gasteiger partial charge is 0.0831 e. The number of unbranched alkanes of at least 4 members (excludes halogenated alkanes) is 6. The Kier molecular flexibility index (Phi) is 9.58. The van der Waals surface area contributed by atoms with Gasteiger partial charge in [0, 0.05) is 8.95 Å². The lowest BCUT2D eigenvalue weighted by molar-refractivity contribution is 0.579. The second kappa shape index (κ2) is 11.4. The molecule has 2 aromatic rings. The highest BCUT2D eigenvalue weighted by Crippen LogP contribution is 2.24. The van der Waals surface area contributed by atoms with Gasteiger partial charge in [0.15, 0.2) is 0 Å². The first kappa shape index (κ1) is 21.0. The van der Waals surface area contributed by atoms with E-state index >= 15 is 0 Å². The van der Waals surface area contributed by atoms with Crippen molar-refractivity contribution in [2.24, 2.45) is 0 Å². The van der Waals surface area contributed by atoms with Crippen LogP contribution >= 0.6 is 43.5 Å². The van der Waals surface area contributed by atoms with E-state index in [1.807, 2.05) is 6.07 Å². The van der Waals surface area contributed by atoms with Crippen LogP contribution in [0.4, 0.5) is 0 Å². The van der Waals surface area contributed by atoms with Crippen LogP contribution < -0.4 is 0 Å². The van der Waals surface area contributed by atoms with E-state index in [0.29, 0.717) is 0 Å². The summed E-state index contributed by atoms with van der Waals surface area (Å²) in [5.41, 5.74) is 4.15. The zero-order valence-electron chi connectivity index (χ0n) is 15.0. The highest BCUT2D eigenvalue weighted by molar-refractivity contribution is 9.10. The third-order valence-corrected chi connectivity index (χ3v) is 6.76. The molecule has 0 saturated heterocycles. The lowest BCUT2D eigenvalue weighted by atomic mass is 10.0. The van der Waals surface area contributed by atoms with Crippen LogP contribution in [-0.4, -0.2) is 0 Å². The maximum absolute atomic E-state index is 6.14. The minimum Gasteiger partial charge on any atom is -0.0831 e. The summed E-state index contributed by atoms with van der Waals surface area (Å²) < 4.78 is 2.19. The van der Waals surface area contributed by atoms with E-state index in [4.69, 9.17) is 11.6 Å². The van der Waals surface area contributed by atoms with Crippen LogP contribution in [0.25, 0.3) is 0 Å². The number of benzene rings is 2. The Morgan fingerprint density at radius 1 is 0.680 bits per heavy atom. The summed E-state index contributed by atoms with van der Waals surface area (Å²) in [4.78, 5) is 0. The fourth-order valence-electron chi connectivity index (χ4n) is 3.10. The fraction of sp³-hybridized carbons (Fsp3) is 0.455. The van der Waals surface area contributed by atoms with Crippen molar-refractivity contribution in [3.8, 4) is 0 Å². The molecule has 0 saturated carbocycles. The molecule has 0 aliphatic rings. The minimum absolute atomic E-state index is 0.818. The van der Waals surface area contributed by atoms with Gasteiger partial charge < -0.3 is 0 Å². The molecule has 0 unspecified atom stereocenters. The quantitative estimate of drug-likeness (QED) is 0.295. The molecule has 0 radical (unpaired) electrons. The average molecular weight is 487 g/mol. The van der Waals surface area contributed by atoms with Gasteiger partial charge in [-0.1, -0.05) is 77.8 Å². The number of rotatable bonds is 10. The van der Waals surface area contributed by atoms with Gasteiger partial charge in [-0.15, -0.1) is 0 Å². The van der Waals surface area contributed by atoms with E-state index in [2.05, 4.69) is 69.1 Å². The van der Waals surface area contributed by atoms with Crippen molar-refractivity contribution in [2.75, 3.05) is 0 Å². The molecule has 0 heterocycles. The standard InChI is InChI=1S/C22H27Br2Cl/c1-17-15-18(11-13-20(17)23)9-7-5-3-2-4-6-8-10-19-12-14-21(24)22(25)16-19/h11-16H,2-10H2,1H3. The molecule has 0 aromatic heterocycles. The average Bonchev–Trinajstić information content (AvgIpc) is 2.59. The smallest absolute Gasteiger partial charge is 0.0550 e. The van der Waals surface area contributed by atoms with Crippen LogP contribution in [0.15, 0.2) is 45.3 Å². The van der Waals surface area contributed by atoms with Crippen LogP contribution in [0.2, 0.25) is 5.02 Å². The molecule has 0 amide bonds. The Labute approximate surface area is 174 Å². The molecule has 2 aromatic carbocycles. The number of aryl methyl sites for hydroxylation is 3. The molecule has 0 nitrogen and oxygen atoms in total. The lowest BCUT2D eigenvalue weighted by Gasteiger charge is -2.06. The van der Waals surface area contributed by atoms with E-state index in [-0.39, 0.29) is 0 Å². The second-order valence-electron chi connectivity index (χ2n) is 6.81. The SMILES string of the molecule is Cc1cc(CCCCCCCCCc2ccc(Br)c(Cl)c2)ccc1Br. The molecule has 0 aliphatic carbocycles. The molecular formula is C22H27Br2Cl. The highest BCUT2D eigenvalue weighted by Gasteiger charge is 2.00. The molecule has 136 valence electrons. The first-order valence-electron chi connectivity index (χ1n) is 9.25. The molecule has 3 heteroatoms. The molecule has 25 heavy (non-hydrogen) atoms. The Morgan fingerprint density at radius 2 is 1.16 bits per heavy atom. The van der Waals surface area contributed by atoms with Crippen molar-refractivity contribution in [3.05, 3.63) is 67.1 Å². The maximum atomic E-state index is 6.14. The van der Waals surface area contributed by atoms with E-state index < -0.39 is 0 Å². The zero-order valence-corrected chi connectivity index (χ0v) is 18.9. The maximum Gasteiger partial charge on any atom is 0.0550 e. The summed E-state index contributed by atoms with van der Waals surface area (Å²) in [6, 6.07) is 13.0. The normalized spacial score (nSPS) is 11.0. The summed E-state index contributed by atoms with van der Waals surface area (Å²) in [5.74, 6) is 0. The van der Waals surface area contributed by atoms with Crippen LogP contribution in [-0.2, 0) is 12.8 Å². The summed E-state index contributed by atoms with van der Waals surface area (Å²) in [6.07, 6.45) is 11.6. The molecular weight excluding hydrogens is 460 g/mol. The van der Waals surface area contributed by atoms with E-state index in [0.717, 1.165) is 15.9 Å². The zero-order chi connectivity index (χ0) is 18.1. The van der Waals surface area contributed by atoms with Gasteiger partial charge in [0.2, 0.25) is 0 Å². The van der Waals surface area contributed by atoms with Crippen molar-refractivity contribution in [3.63, 3.8) is 0 Å². The van der Waals surface area contributed by atoms with Gasteiger partial charge in [0.1, 0.15) is 0 Å². The fourth-order valence-corrected chi connectivity index (χ4v) is 3.80. The molecule has 0 spiro atoms. The molecule has 0 atom stereocenters. The first-order chi connectivity index (χ1) is 12.1. The summed E-state index contributed by atoms with van der Waals surface area (Å²) >= 11 is 13.1. The van der Waals surface area contributed by atoms with Gasteiger partial charge in [0.25, 0.3) is 0 Å². The van der Waals surface area contributed by atoms with Crippen LogP contribution in [0.1, 0.15) is 61.6 Å². The van der Waals surface area contributed by atoms with E-state index in [1.165, 1.54) is 72.5 Å². The van der Waals surface area contributed by atoms with E-state index in [9.17, 15) is 0 Å². The van der Waals surface area contributed by atoms with Crippen LogP contribution in [0.5, 0.6) is 0 Å². The third-order valence-electron chi connectivity index (χ3n) is 4.64. The molecule has 2 rings (SSSR count). The van der Waals surface area contributed by atoms with E-state index in [1.54, 1.807) is 0 Å². The molecule has 0 N–H and O–H groups in total. The summed E-state index contributed by atoms with van der Waals surface area (Å²) in [5, 5.41) is 0.818. The molecule has 0 bridgehead atoms. The Balaban J connectivity index is 1.49. The molecule has 0 aliphatic heterocycles. The van der Waals surface area contributed by atoms with Crippen molar-refractivity contribution >= 4 is 43.5 Å². The highest BCUT2D eigenvalue weighted by atomic mass is 79.9. The van der Waals surface area contributed by atoms with Gasteiger partial charge in [-0.3, -0.25) is 0 Å². The summed E-state index contributed by atoms with van der Waals surface area (Å²) in [7, 11) is 0.